The van der Waals surface area contributed by atoms with Crippen LogP contribution in [0.5, 0.6) is 0 Å². The van der Waals surface area contributed by atoms with Crippen molar-refractivity contribution in [1.82, 2.24) is 0 Å². The van der Waals surface area contributed by atoms with Gasteiger partial charge in [-0.05, 0) is 12.5 Å². The highest BCUT2D eigenvalue weighted by Crippen LogP contribution is 2.16. The van der Waals surface area contributed by atoms with Crippen LogP contribution in [0.25, 0.3) is 6.08 Å². The normalized spacial score (nSPS) is 10.6. The lowest BCUT2D eigenvalue weighted by molar-refractivity contribution is 0.103. The van der Waals surface area contributed by atoms with Gasteiger partial charge in [0.1, 0.15) is 0 Å². The van der Waals surface area contributed by atoms with Crippen LogP contribution in [0, 0.1) is 0 Å². The van der Waals surface area contributed by atoms with Gasteiger partial charge in [-0.3, -0.25) is 4.79 Å². The lowest BCUT2D eigenvalue weighted by atomic mass is 9.98. The zero-order valence-corrected chi connectivity index (χ0v) is 11.0. The van der Waals surface area contributed by atoms with Crippen molar-refractivity contribution in [3.05, 3.63) is 89.5 Å². The molecule has 0 radical (unpaired) electrons. The van der Waals surface area contributed by atoms with E-state index in [2.05, 4.69) is 6.58 Å². The highest BCUT2D eigenvalue weighted by molar-refractivity contribution is 6.11. The third kappa shape index (κ3) is 3.29. The Morgan fingerprint density at radius 2 is 1.63 bits per heavy atom. The first-order chi connectivity index (χ1) is 9.18. The molecule has 0 saturated carbocycles. The smallest absolute Gasteiger partial charge is 0.193 e. The zero-order valence-electron chi connectivity index (χ0n) is 11.0. The van der Waals surface area contributed by atoms with Gasteiger partial charge in [-0.25, -0.2) is 0 Å². The molecule has 0 aromatic heterocycles. The maximum absolute atomic E-state index is 12.5. The molecule has 0 atom stereocenters. The lowest BCUT2D eigenvalue weighted by Crippen LogP contribution is -2.03. The van der Waals surface area contributed by atoms with Crippen LogP contribution >= 0.6 is 0 Å². The molecular weight excluding hydrogens is 232 g/mol. The van der Waals surface area contributed by atoms with Crippen molar-refractivity contribution in [3.63, 3.8) is 0 Å². The number of hydrogen-bond acceptors (Lipinski definition) is 1. The molecule has 1 heteroatoms. The summed E-state index contributed by atoms with van der Waals surface area (Å²) in [6.45, 7) is 5.76. The topological polar surface area (TPSA) is 17.1 Å². The minimum Gasteiger partial charge on any atom is -0.289 e. The Morgan fingerprint density at radius 1 is 1.00 bits per heavy atom. The summed E-state index contributed by atoms with van der Waals surface area (Å²) in [6, 6.07) is 16.9. The standard InChI is InChI=1S/C18H16O/c1-14(2)12-13-15-8-6-7-11-17(15)18(19)16-9-4-3-5-10-16/h3-13H,1H2,2H3. The van der Waals surface area contributed by atoms with Crippen molar-refractivity contribution in [3.8, 4) is 0 Å². The molecule has 0 fully saturated rings. The second-order valence-electron chi connectivity index (χ2n) is 4.46. The summed E-state index contributed by atoms with van der Waals surface area (Å²) in [5.41, 5.74) is 3.30. The van der Waals surface area contributed by atoms with Gasteiger partial charge in [0.15, 0.2) is 5.78 Å². The van der Waals surface area contributed by atoms with Gasteiger partial charge < -0.3 is 0 Å². The Morgan fingerprint density at radius 3 is 2.32 bits per heavy atom. The molecule has 2 aromatic rings. The van der Waals surface area contributed by atoms with Crippen molar-refractivity contribution in [1.29, 1.82) is 0 Å². The van der Waals surface area contributed by atoms with Crippen LogP contribution < -0.4 is 0 Å². The molecule has 2 aromatic carbocycles. The molecule has 0 bridgehead atoms. The number of carbonyl (C=O) groups is 1. The fourth-order valence-electron chi connectivity index (χ4n) is 1.83. The zero-order chi connectivity index (χ0) is 13.7. The summed E-state index contributed by atoms with van der Waals surface area (Å²) in [5, 5.41) is 0. The second kappa shape index (κ2) is 5.96. The van der Waals surface area contributed by atoms with Gasteiger partial charge in [0, 0.05) is 11.1 Å². The number of allylic oxidation sites excluding steroid dienone is 2. The molecular formula is C18H16O. The number of ketones is 1. The van der Waals surface area contributed by atoms with E-state index in [1.54, 1.807) is 0 Å². The molecule has 0 aliphatic carbocycles. The number of benzene rings is 2. The maximum Gasteiger partial charge on any atom is 0.193 e. The summed E-state index contributed by atoms with van der Waals surface area (Å²) in [5.74, 6) is 0.0440. The van der Waals surface area contributed by atoms with Crippen LogP contribution in [0.2, 0.25) is 0 Å². The quantitative estimate of drug-likeness (QED) is 0.575. The molecule has 0 N–H and O–H groups in total. The number of hydrogen-bond donors (Lipinski definition) is 0. The largest absolute Gasteiger partial charge is 0.289 e. The van der Waals surface area contributed by atoms with E-state index in [0.29, 0.717) is 11.1 Å². The van der Waals surface area contributed by atoms with Crippen molar-refractivity contribution in [2.45, 2.75) is 6.92 Å². The molecule has 1 nitrogen and oxygen atoms in total. The second-order valence-corrected chi connectivity index (χ2v) is 4.46. The summed E-state index contributed by atoms with van der Waals surface area (Å²) in [6.07, 6.45) is 3.84. The Balaban J connectivity index is 2.40. The van der Waals surface area contributed by atoms with Crippen LogP contribution in [0.3, 0.4) is 0 Å². The minimum absolute atomic E-state index is 0.0440. The van der Waals surface area contributed by atoms with Gasteiger partial charge in [0.05, 0.1) is 0 Å². The van der Waals surface area contributed by atoms with Crippen LogP contribution in [0.4, 0.5) is 0 Å². The average Bonchev–Trinajstić information content (AvgIpc) is 2.45. The van der Waals surface area contributed by atoms with Crippen LogP contribution in [0.15, 0.2) is 72.8 Å². The first kappa shape index (κ1) is 13.0. The third-order valence-electron chi connectivity index (χ3n) is 2.79. The molecule has 0 spiro atoms. The van der Waals surface area contributed by atoms with Crippen LogP contribution in [-0.2, 0) is 0 Å². The Labute approximate surface area is 113 Å². The molecule has 2 rings (SSSR count). The van der Waals surface area contributed by atoms with Gasteiger partial charge in [-0.1, -0.05) is 78.9 Å². The van der Waals surface area contributed by atoms with E-state index in [-0.39, 0.29) is 5.78 Å². The van der Waals surface area contributed by atoms with E-state index in [4.69, 9.17) is 0 Å². The third-order valence-corrected chi connectivity index (χ3v) is 2.79. The summed E-state index contributed by atoms with van der Waals surface area (Å²) >= 11 is 0. The van der Waals surface area contributed by atoms with Gasteiger partial charge in [-0.2, -0.15) is 0 Å². The Hall–Kier alpha value is -2.41. The van der Waals surface area contributed by atoms with E-state index >= 15 is 0 Å². The van der Waals surface area contributed by atoms with E-state index in [1.807, 2.05) is 73.7 Å². The summed E-state index contributed by atoms with van der Waals surface area (Å²) in [4.78, 5) is 12.5. The highest BCUT2D eigenvalue weighted by Gasteiger charge is 2.10. The van der Waals surface area contributed by atoms with Gasteiger partial charge in [-0.15, -0.1) is 0 Å². The lowest BCUT2D eigenvalue weighted by Gasteiger charge is -2.05. The van der Waals surface area contributed by atoms with E-state index in [1.165, 1.54) is 0 Å². The molecule has 0 heterocycles. The van der Waals surface area contributed by atoms with Crippen LogP contribution in [-0.4, -0.2) is 5.78 Å². The molecule has 0 amide bonds. The molecule has 0 aliphatic heterocycles. The average molecular weight is 248 g/mol. The molecule has 0 saturated heterocycles. The summed E-state index contributed by atoms with van der Waals surface area (Å²) < 4.78 is 0. The predicted octanol–water partition coefficient (Wildman–Crippen LogP) is 4.51. The predicted molar refractivity (Wildman–Crippen MR) is 80.2 cm³/mol. The Bertz CT molecular complexity index is 621. The fourth-order valence-corrected chi connectivity index (χ4v) is 1.83. The molecule has 19 heavy (non-hydrogen) atoms. The van der Waals surface area contributed by atoms with Gasteiger partial charge >= 0.3 is 0 Å². The monoisotopic (exact) mass is 248 g/mol. The first-order valence-corrected chi connectivity index (χ1v) is 6.21. The van der Waals surface area contributed by atoms with Gasteiger partial charge in [0.2, 0.25) is 0 Å². The number of rotatable bonds is 4. The fraction of sp³-hybridized carbons (Fsp3) is 0.0556. The molecule has 0 aliphatic rings. The Kier molecular flexibility index (Phi) is 4.09. The van der Waals surface area contributed by atoms with E-state index in [9.17, 15) is 4.79 Å². The first-order valence-electron chi connectivity index (χ1n) is 6.21. The van der Waals surface area contributed by atoms with Crippen molar-refractivity contribution in [2.24, 2.45) is 0 Å². The van der Waals surface area contributed by atoms with E-state index in [0.717, 1.165) is 11.1 Å². The van der Waals surface area contributed by atoms with Crippen molar-refractivity contribution < 1.29 is 4.79 Å². The van der Waals surface area contributed by atoms with Crippen molar-refractivity contribution in [2.75, 3.05) is 0 Å². The minimum atomic E-state index is 0.0440. The SMILES string of the molecule is C=C(C)C=Cc1ccccc1C(=O)c1ccccc1. The maximum atomic E-state index is 12.5. The van der Waals surface area contributed by atoms with Crippen molar-refractivity contribution >= 4 is 11.9 Å². The van der Waals surface area contributed by atoms with Crippen LogP contribution in [0.1, 0.15) is 28.4 Å². The van der Waals surface area contributed by atoms with E-state index < -0.39 is 0 Å². The summed E-state index contributed by atoms with van der Waals surface area (Å²) in [7, 11) is 0. The number of carbonyl (C=O) groups excluding carboxylic acids is 1. The molecule has 0 unspecified atom stereocenters. The molecule has 94 valence electrons. The van der Waals surface area contributed by atoms with Gasteiger partial charge in [0.25, 0.3) is 0 Å². The highest BCUT2D eigenvalue weighted by atomic mass is 16.1.